The van der Waals surface area contributed by atoms with Crippen molar-refractivity contribution in [2.24, 2.45) is 0 Å². The Morgan fingerprint density at radius 3 is 2.63 bits per heavy atom. The Morgan fingerprint density at radius 1 is 1.37 bits per heavy atom. The Hall–Kier alpha value is -2.02. The first-order valence-electron chi connectivity index (χ1n) is 6.60. The molecular formula is C15H18N2O2. The van der Waals surface area contributed by atoms with E-state index in [0.717, 1.165) is 19.3 Å². The highest BCUT2D eigenvalue weighted by atomic mass is 16.3. The molecule has 1 aliphatic carbocycles. The number of rotatable bonds is 2. The fourth-order valence-corrected chi connectivity index (χ4v) is 2.51. The molecule has 1 aromatic rings. The van der Waals surface area contributed by atoms with Gasteiger partial charge < -0.3 is 10.4 Å². The number of nitrogens with one attached hydrogen (secondary N) is 1. The Bertz CT molecular complexity index is 525. The second-order valence-corrected chi connectivity index (χ2v) is 5.21. The minimum absolute atomic E-state index is 0.171. The molecule has 1 fully saturated rings. The van der Waals surface area contributed by atoms with Crippen molar-refractivity contribution in [1.82, 2.24) is 5.32 Å². The van der Waals surface area contributed by atoms with Crippen molar-refractivity contribution in [2.75, 3.05) is 0 Å². The molecule has 100 valence electrons. The summed E-state index contributed by atoms with van der Waals surface area (Å²) in [5, 5.41) is 21.7. The summed E-state index contributed by atoms with van der Waals surface area (Å²) < 4.78 is 0. The minimum Gasteiger partial charge on any atom is -0.508 e. The summed E-state index contributed by atoms with van der Waals surface area (Å²) in [6.07, 6.45) is 4.50. The lowest BCUT2D eigenvalue weighted by Crippen LogP contribution is -2.48. The van der Waals surface area contributed by atoms with Gasteiger partial charge in [0.05, 0.1) is 6.07 Å². The van der Waals surface area contributed by atoms with Crippen molar-refractivity contribution in [3.05, 3.63) is 29.3 Å². The van der Waals surface area contributed by atoms with Gasteiger partial charge in [-0.05, 0) is 43.5 Å². The highest BCUT2D eigenvalue weighted by molar-refractivity contribution is 5.95. The molecule has 0 radical (unpaired) electrons. The topological polar surface area (TPSA) is 73.1 Å². The normalized spacial score (nSPS) is 17.5. The molecule has 0 atom stereocenters. The molecule has 1 amide bonds. The van der Waals surface area contributed by atoms with Gasteiger partial charge in [0.1, 0.15) is 11.3 Å². The number of benzene rings is 1. The molecule has 0 bridgehead atoms. The molecular weight excluding hydrogens is 240 g/mol. The monoisotopic (exact) mass is 258 g/mol. The number of hydrogen-bond donors (Lipinski definition) is 2. The SMILES string of the molecule is Cc1cc(C(=O)NC2(C#N)CCCCC2)ccc1O. The summed E-state index contributed by atoms with van der Waals surface area (Å²) in [6.45, 7) is 1.74. The number of amides is 1. The average Bonchev–Trinajstić information content (AvgIpc) is 2.43. The van der Waals surface area contributed by atoms with Gasteiger partial charge in [0.25, 0.3) is 5.91 Å². The number of aromatic hydroxyl groups is 1. The third-order valence-electron chi connectivity index (χ3n) is 3.73. The summed E-state index contributed by atoms with van der Waals surface area (Å²) in [6, 6.07) is 6.98. The number of aryl methyl sites for hydroxylation is 1. The maximum Gasteiger partial charge on any atom is 0.252 e. The number of phenols is 1. The van der Waals surface area contributed by atoms with Gasteiger partial charge in [-0.25, -0.2) is 0 Å². The van der Waals surface area contributed by atoms with E-state index in [1.54, 1.807) is 19.1 Å². The second-order valence-electron chi connectivity index (χ2n) is 5.21. The van der Waals surface area contributed by atoms with Crippen LogP contribution in [0, 0.1) is 18.3 Å². The third-order valence-corrected chi connectivity index (χ3v) is 3.73. The minimum atomic E-state index is -0.721. The van der Waals surface area contributed by atoms with E-state index < -0.39 is 5.54 Å². The number of nitrogens with zero attached hydrogens (tertiary/aromatic N) is 1. The third kappa shape index (κ3) is 2.87. The molecule has 0 saturated heterocycles. The van der Waals surface area contributed by atoms with E-state index in [9.17, 15) is 15.2 Å². The number of carbonyl (C=O) groups is 1. The maximum atomic E-state index is 12.2. The first-order valence-corrected chi connectivity index (χ1v) is 6.60. The Kier molecular flexibility index (Phi) is 3.75. The standard InChI is InChI=1S/C15H18N2O2/c1-11-9-12(5-6-13(11)18)14(19)17-15(10-16)7-3-2-4-8-15/h5-6,9,18H,2-4,7-8H2,1H3,(H,17,19). The molecule has 1 saturated carbocycles. The van der Waals surface area contributed by atoms with Crippen molar-refractivity contribution < 1.29 is 9.90 Å². The van der Waals surface area contributed by atoms with Crippen molar-refractivity contribution in [3.63, 3.8) is 0 Å². The molecule has 4 nitrogen and oxygen atoms in total. The van der Waals surface area contributed by atoms with Crippen LogP contribution >= 0.6 is 0 Å². The summed E-state index contributed by atoms with van der Waals surface area (Å²) >= 11 is 0. The second kappa shape index (κ2) is 5.31. The Morgan fingerprint density at radius 2 is 2.05 bits per heavy atom. The molecule has 4 heteroatoms. The van der Waals surface area contributed by atoms with E-state index in [0.29, 0.717) is 24.0 Å². The first kappa shape index (κ1) is 13.4. The summed E-state index contributed by atoms with van der Waals surface area (Å²) in [7, 11) is 0. The first-order chi connectivity index (χ1) is 9.06. The van der Waals surface area contributed by atoms with E-state index in [2.05, 4.69) is 11.4 Å². The van der Waals surface area contributed by atoms with Crippen LogP contribution in [0.2, 0.25) is 0 Å². The van der Waals surface area contributed by atoms with Crippen LogP contribution in [0.3, 0.4) is 0 Å². The number of carbonyl (C=O) groups excluding carboxylic acids is 1. The zero-order valence-electron chi connectivity index (χ0n) is 11.1. The fraction of sp³-hybridized carbons (Fsp3) is 0.467. The molecule has 0 aromatic heterocycles. The predicted octanol–water partition coefficient (Wildman–Crippen LogP) is 2.66. The summed E-state index contributed by atoms with van der Waals surface area (Å²) in [5.41, 5.74) is 0.416. The van der Waals surface area contributed by atoms with Crippen LogP contribution in [0.25, 0.3) is 0 Å². The van der Waals surface area contributed by atoms with Gasteiger partial charge in [0.2, 0.25) is 0 Å². The number of nitriles is 1. The predicted molar refractivity (Wildman–Crippen MR) is 71.7 cm³/mol. The van der Waals surface area contributed by atoms with Crippen LogP contribution in [0.15, 0.2) is 18.2 Å². The molecule has 0 unspecified atom stereocenters. The average molecular weight is 258 g/mol. The molecule has 1 aliphatic rings. The molecule has 1 aromatic carbocycles. The highest BCUT2D eigenvalue weighted by Gasteiger charge is 2.33. The van der Waals surface area contributed by atoms with Crippen molar-refractivity contribution in [2.45, 2.75) is 44.6 Å². The van der Waals surface area contributed by atoms with Gasteiger partial charge in [0, 0.05) is 5.56 Å². The fourth-order valence-electron chi connectivity index (χ4n) is 2.51. The highest BCUT2D eigenvalue weighted by Crippen LogP contribution is 2.28. The van der Waals surface area contributed by atoms with Crippen LogP contribution in [0.4, 0.5) is 0 Å². The van der Waals surface area contributed by atoms with Gasteiger partial charge in [-0.1, -0.05) is 19.3 Å². The van der Waals surface area contributed by atoms with E-state index in [1.807, 2.05) is 0 Å². The van der Waals surface area contributed by atoms with Crippen LogP contribution in [-0.2, 0) is 0 Å². The number of phenolic OH excluding ortho intramolecular Hbond substituents is 1. The van der Waals surface area contributed by atoms with Crippen molar-refractivity contribution >= 4 is 5.91 Å². The zero-order chi connectivity index (χ0) is 13.9. The molecule has 0 aliphatic heterocycles. The van der Waals surface area contributed by atoms with E-state index in [-0.39, 0.29) is 11.7 Å². The van der Waals surface area contributed by atoms with Crippen LogP contribution < -0.4 is 5.32 Å². The van der Waals surface area contributed by atoms with Crippen LogP contribution in [-0.4, -0.2) is 16.6 Å². The van der Waals surface area contributed by atoms with E-state index in [4.69, 9.17) is 0 Å². The van der Waals surface area contributed by atoms with Gasteiger partial charge in [-0.15, -0.1) is 0 Å². The maximum absolute atomic E-state index is 12.2. The quantitative estimate of drug-likeness (QED) is 0.856. The van der Waals surface area contributed by atoms with Crippen molar-refractivity contribution in [1.29, 1.82) is 5.26 Å². The molecule has 2 N–H and O–H groups in total. The van der Waals surface area contributed by atoms with Gasteiger partial charge in [-0.2, -0.15) is 5.26 Å². The largest absolute Gasteiger partial charge is 0.508 e. The molecule has 0 heterocycles. The lowest BCUT2D eigenvalue weighted by atomic mass is 9.82. The Balaban J connectivity index is 2.15. The Labute approximate surface area is 113 Å². The van der Waals surface area contributed by atoms with Crippen molar-refractivity contribution in [3.8, 4) is 11.8 Å². The van der Waals surface area contributed by atoms with Gasteiger partial charge in [-0.3, -0.25) is 4.79 Å². The smallest absolute Gasteiger partial charge is 0.252 e. The molecule has 0 spiro atoms. The van der Waals surface area contributed by atoms with E-state index in [1.165, 1.54) is 6.07 Å². The molecule has 19 heavy (non-hydrogen) atoms. The van der Waals surface area contributed by atoms with Crippen LogP contribution in [0.5, 0.6) is 5.75 Å². The van der Waals surface area contributed by atoms with Crippen LogP contribution in [0.1, 0.15) is 48.0 Å². The zero-order valence-corrected chi connectivity index (χ0v) is 11.1. The summed E-state index contributed by atoms with van der Waals surface area (Å²) in [4.78, 5) is 12.2. The van der Waals surface area contributed by atoms with E-state index >= 15 is 0 Å². The lowest BCUT2D eigenvalue weighted by Gasteiger charge is -2.31. The lowest BCUT2D eigenvalue weighted by molar-refractivity contribution is 0.0902. The van der Waals surface area contributed by atoms with Gasteiger partial charge >= 0.3 is 0 Å². The summed E-state index contributed by atoms with van der Waals surface area (Å²) in [5.74, 6) is -0.0734. The van der Waals surface area contributed by atoms with Gasteiger partial charge in [0.15, 0.2) is 0 Å². The number of hydrogen-bond acceptors (Lipinski definition) is 3. The molecule has 2 rings (SSSR count).